The first-order valence-electron chi connectivity index (χ1n) is 6.89. The number of rotatable bonds is 6. The fourth-order valence-corrected chi connectivity index (χ4v) is 1.96. The average molecular weight is 263 g/mol. The van der Waals surface area contributed by atoms with Crippen molar-refractivity contribution in [2.75, 3.05) is 6.54 Å². The Hall–Kier alpha value is -1.35. The highest BCUT2D eigenvalue weighted by molar-refractivity contribution is 5.78. The molecule has 0 spiro atoms. The van der Waals surface area contributed by atoms with Crippen molar-refractivity contribution in [1.82, 2.24) is 5.32 Å². The summed E-state index contributed by atoms with van der Waals surface area (Å²) in [7, 11) is 0. The van der Waals surface area contributed by atoms with E-state index in [-0.39, 0.29) is 11.8 Å². The van der Waals surface area contributed by atoms with Crippen LogP contribution in [0.1, 0.15) is 38.3 Å². The minimum Gasteiger partial charge on any atom is -0.388 e. The molecule has 3 heteroatoms. The quantitative estimate of drug-likeness (QED) is 0.828. The summed E-state index contributed by atoms with van der Waals surface area (Å²) in [5.74, 6) is 0.112. The van der Waals surface area contributed by atoms with E-state index in [9.17, 15) is 9.90 Å². The normalized spacial score (nSPS) is 15.6. The van der Waals surface area contributed by atoms with Crippen molar-refractivity contribution < 1.29 is 9.90 Å². The zero-order chi connectivity index (χ0) is 14.5. The van der Waals surface area contributed by atoms with E-state index in [1.807, 2.05) is 45.0 Å². The van der Waals surface area contributed by atoms with Crippen LogP contribution >= 0.6 is 0 Å². The largest absolute Gasteiger partial charge is 0.388 e. The minimum absolute atomic E-state index is 0.0471. The predicted octanol–water partition coefficient (Wildman–Crippen LogP) is 2.45. The first kappa shape index (κ1) is 15.7. The first-order chi connectivity index (χ1) is 8.85. The third-order valence-electron chi connectivity index (χ3n) is 3.76. The second kappa shape index (κ2) is 6.71. The molecule has 106 valence electrons. The number of aryl methyl sites for hydroxylation is 1. The highest BCUT2D eigenvalue weighted by Crippen LogP contribution is 2.18. The van der Waals surface area contributed by atoms with Gasteiger partial charge in [-0.05, 0) is 25.3 Å². The molecule has 0 aliphatic heterocycles. The van der Waals surface area contributed by atoms with Gasteiger partial charge in [0.05, 0.1) is 12.0 Å². The van der Waals surface area contributed by atoms with Crippen molar-refractivity contribution in [3.8, 4) is 0 Å². The maximum absolute atomic E-state index is 11.9. The molecule has 0 aliphatic carbocycles. The van der Waals surface area contributed by atoms with E-state index >= 15 is 0 Å². The van der Waals surface area contributed by atoms with Gasteiger partial charge in [-0.2, -0.15) is 0 Å². The Morgan fingerprint density at radius 2 is 2.16 bits per heavy atom. The molecular formula is C16H25NO2. The van der Waals surface area contributed by atoms with Crippen molar-refractivity contribution in [2.24, 2.45) is 5.92 Å². The van der Waals surface area contributed by atoms with E-state index in [1.54, 1.807) is 6.92 Å². The summed E-state index contributed by atoms with van der Waals surface area (Å²) >= 11 is 0. The number of aliphatic hydroxyl groups is 1. The average Bonchev–Trinajstić information content (AvgIpc) is 2.35. The third kappa shape index (κ3) is 5.03. The van der Waals surface area contributed by atoms with E-state index in [4.69, 9.17) is 0 Å². The standard InChI is InChI=1S/C16H25NO2/c1-5-13(3)16(4,19)11-17-15(18)10-14-8-6-7-12(2)9-14/h6-9,13,19H,5,10-11H2,1-4H3,(H,17,18). The summed E-state index contributed by atoms with van der Waals surface area (Å²) in [5, 5.41) is 13.0. The molecule has 0 aliphatic rings. The zero-order valence-corrected chi connectivity index (χ0v) is 12.4. The SMILES string of the molecule is CCC(C)C(C)(O)CNC(=O)Cc1cccc(C)c1. The zero-order valence-electron chi connectivity index (χ0n) is 12.4. The maximum atomic E-state index is 11.9. The molecule has 0 bridgehead atoms. The third-order valence-corrected chi connectivity index (χ3v) is 3.76. The van der Waals surface area contributed by atoms with Crippen LogP contribution in [0.25, 0.3) is 0 Å². The lowest BCUT2D eigenvalue weighted by molar-refractivity contribution is -0.122. The summed E-state index contributed by atoms with van der Waals surface area (Å²) in [5.41, 5.74) is 1.30. The molecule has 0 saturated heterocycles. The van der Waals surface area contributed by atoms with Gasteiger partial charge in [0.2, 0.25) is 5.91 Å². The topological polar surface area (TPSA) is 49.3 Å². The van der Waals surface area contributed by atoms with Crippen LogP contribution in [0.5, 0.6) is 0 Å². The van der Waals surface area contributed by atoms with Crippen LogP contribution in [0.3, 0.4) is 0 Å². The second-order valence-corrected chi connectivity index (χ2v) is 5.61. The Balaban J connectivity index is 2.48. The van der Waals surface area contributed by atoms with E-state index in [0.29, 0.717) is 13.0 Å². The molecule has 1 aromatic carbocycles. The van der Waals surface area contributed by atoms with Gasteiger partial charge in [0, 0.05) is 6.54 Å². The molecule has 2 unspecified atom stereocenters. The first-order valence-corrected chi connectivity index (χ1v) is 6.89. The van der Waals surface area contributed by atoms with Gasteiger partial charge in [-0.15, -0.1) is 0 Å². The Kier molecular flexibility index (Phi) is 5.55. The molecule has 0 fully saturated rings. The lowest BCUT2D eigenvalue weighted by Gasteiger charge is -2.29. The molecule has 2 atom stereocenters. The van der Waals surface area contributed by atoms with E-state index in [1.165, 1.54) is 0 Å². The molecule has 1 rings (SSSR count). The van der Waals surface area contributed by atoms with Gasteiger partial charge in [0.15, 0.2) is 0 Å². The Bertz CT molecular complexity index is 427. The summed E-state index contributed by atoms with van der Waals surface area (Å²) in [6.07, 6.45) is 1.25. The van der Waals surface area contributed by atoms with Gasteiger partial charge in [-0.3, -0.25) is 4.79 Å². The van der Waals surface area contributed by atoms with Gasteiger partial charge >= 0.3 is 0 Å². The molecule has 0 aromatic heterocycles. The Morgan fingerprint density at radius 3 is 2.74 bits per heavy atom. The van der Waals surface area contributed by atoms with Crippen LogP contribution in [-0.2, 0) is 11.2 Å². The number of carbonyl (C=O) groups excluding carboxylic acids is 1. The van der Waals surface area contributed by atoms with Crippen LogP contribution < -0.4 is 5.32 Å². The summed E-state index contributed by atoms with van der Waals surface area (Å²) in [6.45, 7) is 8.11. The lowest BCUT2D eigenvalue weighted by Crippen LogP contribution is -2.45. The molecule has 19 heavy (non-hydrogen) atoms. The lowest BCUT2D eigenvalue weighted by atomic mass is 9.88. The van der Waals surface area contributed by atoms with Crippen LogP contribution in [-0.4, -0.2) is 23.2 Å². The van der Waals surface area contributed by atoms with Gasteiger partial charge < -0.3 is 10.4 Å². The van der Waals surface area contributed by atoms with Crippen molar-refractivity contribution >= 4 is 5.91 Å². The number of amides is 1. The minimum atomic E-state index is -0.850. The predicted molar refractivity (Wildman–Crippen MR) is 78.0 cm³/mol. The van der Waals surface area contributed by atoms with Crippen molar-refractivity contribution in [1.29, 1.82) is 0 Å². The van der Waals surface area contributed by atoms with Gasteiger partial charge in [0.25, 0.3) is 0 Å². The van der Waals surface area contributed by atoms with Gasteiger partial charge in [-0.25, -0.2) is 0 Å². The number of nitrogens with one attached hydrogen (secondary N) is 1. The molecule has 3 nitrogen and oxygen atoms in total. The number of carbonyl (C=O) groups is 1. The molecule has 2 N–H and O–H groups in total. The molecule has 1 aromatic rings. The number of benzene rings is 1. The number of hydrogen-bond acceptors (Lipinski definition) is 2. The molecular weight excluding hydrogens is 238 g/mol. The van der Waals surface area contributed by atoms with E-state index in [2.05, 4.69) is 5.32 Å². The number of hydrogen-bond donors (Lipinski definition) is 2. The van der Waals surface area contributed by atoms with Crippen LogP contribution in [0.4, 0.5) is 0 Å². The monoisotopic (exact) mass is 263 g/mol. The van der Waals surface area contributed by atoms with Gasteiger partial charge in [0.1, 0.15) is 0 Å². The van der Waals surface area contributed by atoms with Crippen molar-refractivity contribution in [3.63, 3.8) is 0 Å². The van der Waals surface area contributed by atoms with E-state index in [0.717, 1.165) is 17.5 Å². The van der Waals surface area contributed by atoms with Crippen LogP contribution in [0.2, 0.25) is 0 Å². The van der Waals surface area contributed by atoms with Crippen LogP contribution in [0, 0.1) is 12.8 Å². The van der Waals surface area contributed by atoms with Crippen molar-refractivity contribution in [3.05, 3.63) is 35.4 Å². The maximum Gasteiger partial charge on any atom is 0.224 e. The fraction of sp³-hybridized carbons (Fsp3) is 0.562. The Labute approximate surface area is 116 Å². The molecule has 1 amide bonds. The molecule has 0 saturated carbocycles. The Morgan fingerprint density at radius 1 is 1.47 bits per heavy atom. The smallest absolute Gasteiger partial charge is 0.224 e. The summed E-state index contributed by atoms with van der Waals surface area (Å²) in [6, 6.07) is 7.91. The summed E-state index contributed by atoms with van der Waals surface area (Å²) in [4.78, 5) is 11.9. The van der Waals surface area contributed by atoms with Crippen LogP contribution in [0.15, 0.2) is 24.3 Å². The van der Waals surface area contributed by atoms with Gasteiger partial charge in [-0.1, -0.05) is 50.1 Å². The second-order valence-electron chi connectivity index (χ2n) is 5.61. The molecule has 0 heterocycles. The highest BCUT2D eigenvalue weighted by atomic mass is 16.3. The van der Waals surface area contributed by atoms with Crippen molar-refractivity contribution in [2.45, 2.75) is 46.1 Å². The highest BCUT2D eigenvalue weighted by Gasteiger charge is 2.27. The molecule has 0 radical (unpaired) electrons. The fourth-order valence-electron chi connectivity index (χ4n) is 1.96. The summed E-state index contributed by atoms with van der Waals surface area (Å²) < 4.78 is 0. The van der Waals surface area contributed by atoms with E-state index < -0.39 is 5.60 Å².